The van der Waals surface area contributed by atoms with E-state index in [1.54, 1.807) is 12.2 Å². The van der Waals surface area contributed by atoms with E-state index < -0.39 is 8.53 Å². The molecule has 0 saturated carbocycles. The Kier molecular flexibility index (Phi) is 13.4. The molecule has 0 amide bonds. The van der Waals surface area contributed by atoms with Crippen LogP contribution < -0.4 is 0 Å². The van der Waals surface area contributed by atoms with E-state index in [1.165, 1.54) is 0 Å². The minimum atomic E-state index is -1.03. The molecule has 0 radical (unpaired) electrons. The second kappa shape index (κ2) is 13.9. The van der Waals surface area contributed by atoms with E-state index >= 15 is 0 Å². The summed E-state index contributed by atoms with van der Waals surface area (Å²) < 4.78 is 14.3. The molecule has 22 heavy (non-hydrogen) atoms. The summed E-state index contributed by atoms with van der Waals surface area (Å²) in [6, 6.07) is 0.775. The lowest BCUT2D eigenvalue weighted by molar-refractivity contribution is 0.178. The SMILES string of the molecule is C=C/C=C/CCOP(OCC/C=C/C=C)N(C(C)C)C(C)C. The van der Waals surface area contributed by atoms with E-state index in [1.807, 2.05) is 12.2 Å². The van der Waals surface area contributed by atoms with Crippen LogP contribution in [-0.4, -0.2) is 30.0 Å². The van der Waals surface area contributed by atoms with Crippen LogP contribution >= 0.6 is 8.53 Å². The lowest BCUT2D eigenvalue weighted by atomic mass is 10.3. The minimum Gasteiger partial charge on any atom is -0.322 e. The molecule has 0 unspecified atom stereocenters. The van der Waals surface area contributed by atoms with E-state index in [0.29, 0.717) is 25.3 Å². The van der Waals surface area contributed by atoms with Crippen molar-refractivity contribution in [2.75, 3.05) is 13.2 Å². The van der Waals surface area contributed by atoms with Gasteiger partial charge in [-0.2, -0.15) is 0 Å². The predicted octanol–water partition coefficient (Wildman–Crippen LogP) is 5.63. The molecule has 0 atom stereocenters. The number of hydrogen-bond donors (Lipinski definition) is 0. The zero-order valence-electron chi connectivity index (χ0n) is 14.6. The summed E-state index contributed by atoms with van der Waals surface area (Å²) in [4.78, 5) is 0. The fourth-order valence-corrected chi connectivity index (χ4v) is 3.55. The third kappa shape index (κ3) is 10.1. The molecule has 0 N–H and O–H groups in total. The van der Waals surface area contributed by atoms with Crippen LogP contribution in [0.15, 0.2) is 49.6 Å². The van der Waals surface area contributed by atoms with Crippen molar-refractivity contribution in [2.24, 2.45) is 0 Å². The Morgan fingerprint density at radius 3 is 1.59 bits per heavy atom. The summed E-state index contributed by atoms with van der Waals surface area (Å²) in [6.45, 7) is 17.4. The van der Waals surface area contributed by atoms with Gasteiger partial charge in [-0.05, 0) is 40.5 Å². The first kappa shape index (κ1) is 21.3. The van der Waals surface area contributed by atoms with E-state index in [4.69, 9.17) is 9.05 Å². The maximum atomic E-state index is 6.02. The summed E-state index contributed by atoms with van der Waals surface area (Å²) in [7, 11) is -1.03. The van der Waals surface area contributed by atoms with Gasteiger partial charge >= 0.3 is 0 Å². The summed E-state index contributed by atoms with van der Waals surface area (Å²) in [5.41, 5.74) is 0. The molecule has 0 saturated heterocycles. The van der Waals surface area contributed by atoms with E-state index in [9.17, 15) is 0 Å². The Balaban J connectivity index is 4.52. The summed E-state index contributed by atoms with van der Waals surface area (Å²) in [5.74, 6) is 0. The van der Waals surface area contributed by atoms with Crippen molar-refractivity contribution in [3.8, 4) is 0 Å². The Morgan fingerprint density at radius 2 is 1.27 bits per heavy atom. The molecule has 0 aromatic heterocycles. The second-order valence-electron chi connectivity index (χ2n) is 5.38. The molecule has 0 heterocycles. The maximum absolute atomic E-state index is 6.02. The molecule has 0 rings (SSSR count). The van der Waals surface area contributed by atoms with Crippen molar-refractivity contribution in [3.05, 3.63) is 49.6 Å². The van der Waals surface area contributed by atoms with Gasteiger partial charge in [0, 0.05) is 12.1 Å². The topological polar surface area (TPSA) is 21.7 Å². The van der Waals surface area contributed by atoms with E-state index in [-0.39, 0.29) is 0 Å². The summed E-state index contributed by atoms with van der Waals surface area (Å²) in [6.07, 6.45) is 13.3. The number of allylic oxidation sites excluding steroid dienone is 4. The quantitative estimate of drug-likeness (QED) is 0.249. The third-order valence-corrected chi connectivity index (χ3v) is 4.87. The molecule has 3 nitrogen and oxygen atoms in total. The molecule has 0 aliphatic rings. The van der Waals surface area contributed by atoms with Crippen molar-refractivity contribution in [1.82, 2.24) is 4.67 Å². The second-order valence-corrected chi connectivity index (χ2v) is 6.83. The monoisotopic (exact) mass is 325 g/mol. The smallest absolute Gasteiger partial charge is 0.259 e. The molecule has 0 aromatic rings. The maximum Gasteiger partial charge on any atom is 0.259 e. The molecule has 4 heteroatoms. The first-order valence-electron chi connectivity index (χ1n) is 7.93. The highest BCUT2D eigenvalue weighted by Crippen LogP contribution is 2.46. The first-order chi connectivity index (χ1) is 10.5. The van der Waals surface area contributed by atoms with Gasteiger partial charge in [0.25, 0.3) is 8.53 Å². The highest BCUT2D eigenvalue weighted by molar-refractivity contribution is 7.44. The van der Waals surface area contributed by atoms with Gasteiger partial charge in [0.2, 0.25) is 0 Å². The Labute approximate surface area is 138 Å². The first-order valence-corrected chi connectivity index (χ1v) is 9.06. The van der Waals surface area contributed by atoms with Crippen LogP contribution in [0.2, 0.25) is 0 Å². The van der Waals surface area contributed by atoms with Crippen molar-refractivity contribution in [2.45, 2.75) is 52.6 Å². The number of rotatable bonds is 13. The van der Waals surface area contributed by atoms with Crippen LogP contribution in [0.1, 0.15) is 40.5 Å². The molecule has 0 fully saturated rings. The molecule has 0 aliphatic carbocycles. The minimum absolute atomic E-state index is 0.388. The Hall–Kier alpha value is -0.730. The van der Waals surface area contributed by atoms with Crippen LogP contribution in [-0.2, 0) is 9.05 Å². The van der Waals surface area contributed by atoms with E-state index in [2.05, 4.69) is 57.7 Å². The predicted molar refractivity (Wildman–Crippen MR) is 98.8 cm³/mol. The number of nitrogens with zero attached hydrogens (tertiary/aromatic N) is 1. The average Bonchev–Trinajstić information content (AvgIpc) is 2.45. The van der Waals surface area contributed by atoms with Crippen LogP contribution in [0.5, 0.6) is 0 Å². The van der Waals surface area contributed by atoms with Gasteiger partial charge in [-0.25, -0.2) is 4.67 Å². The van der Waals surface area contributed by atoms with Gasteiger partial charge in [0.05, 0.1) is 13.2 Å². The van der Waals surface area contributed by atoms with Gasteiger partial charge in [-0.3, -0.25) is 0 Å². The van der Waals surface area contributed by atoms with Crippen molar-refractivity contribution in [3.63, 3.8) is 0 Å². The van der Waals surface area contributed by atoms with Gasteiger partial charge in [-0.15, -0.1) is 0 Å². The molecule has 126 valence electrons. The summed E-state index contributed by atoms with van der Waals surface area (Å²) >= 11 is 0. The van der Waals surface area contributed by atoms with Crippen LogP contribution in [0.3, 0.4) is 0 Å². The summed E-state index contributed by atoms with van der Waals surface area (Å²) in [5, 5.41) is 0. The van der Waals surface area contributed by atoms with Crippen molar-refractivity contribution < 1.29 is 9.05 Å². The van der Waals surface area contributed by atoms with Gasteiger partial charge < -0.3 is 9.05 Å². The highest BCUT2D eigenvalue weighted by atomic mass is 31.2. The van der Waals surface area contributed by atoms with Crippen molar-refractivity contribution in [1.29, 1.82) is 0 Å². The van der Waals surface area contributed by atoms with Gasteiger partial charge in [0.1, 0.15) is 0 Å². The van der Waals surface area contributed by atoms with Crippen LogP contribution in [0, 0.1) is 0 Å². The Bertz CT molecular complexity index is 319. The zero-order valence-corrected chi connectivity index (χ0v) is 15.5. The molecule has 0 bridgehead atoms. The molecule has 0 aliphatic heterocycles. The van der Waals surface area contributed by atoms with Crippen molar-refractivity contribution >= 4 is 8.53 Å². The van der Waals surface area contributed by atoms with Gasteiger partial charge in [0.15, 0.2) is 0 Å². The normalized spacial score (nSPS) is 12.5. The fourth-order valence-electron chi connectivity index (χ4n) is 1.93. The zero-order chi connectivity index (χ0) is 16.8. The highest BCUT2D eigenvalue weighted by Gasteiger charge is 2.26. The third-order valence-electron chi connectivity index (χ3n) is 2.76. The molecular weight excluding hydrogens is 293 g/mol. The van der Waals surface area contributed by atoms with Gasteiger partial charge in [-0.1, -0.05) is 49.6 Å². The van der Waals surface area contributed by atoms with E-state index in [0.717, 1.165) is 12.8 Å². The average molecular weight is 325 g/mol. The van der Waals surface area contributed by atoms with Crippen LogP contribution in [0.4, 0.5) is 0 Å². The largest absolute Gasteiger partial charge is 0.322 e. The fraction of sp³-hybridized carbons (Fsp3) is 0.556. The molecule has 0 aromatic carbocycles. The lowest BCUT2D eigenvalue weighted by Crippen LogP contribution is -2.33. The van der Waals surface area contributed by atoms with Crippen LogP contribution in [0.25, 0.3) is 0 Å². The standard InChI is InChI=1S/C18H32NO2P/c1-7-9-11-13-15-20-22(19(17(3)4)18(5)6)21-16-14-12-10-8-2/h7-12,17-18H,1-2,13-16H2,3-6H3/b11-9+,12-10+. The number of hydrogen-bond acceptors (Lipinski definition) is 3. The molecule has 0 spiro atoms. The molecular formula is C18H32NO2P. The Morgan fingerprint density at radius 1 is 0.864 bits per heavy atom. The lowest BCUT2D eigenvalue weighted by Gasteiger charge is -2.35.